The van der Waals surface area contributed by atoms with Crippen LogP contribution in [0.1, 0.15) is 17.5 Å². The molecule has 1 atom stereocenters. The molecule has 0 aromatic heterocycles. The minimum absolute atomic E-state index is 0.381. The lowest BCUT2D eigenvalue weighted by Crippen LogP contribution is -2.31. The normalized spacial score (nSPS) is 11.6. The van der Waals surface area contributed by atoms with Crippen LogP contribution < -0.4 is 5.73 Å². The molecule has 2 N–H and O–H groups in total. The summed E-state index contributed by atoms with van der Waals surface area (Å²) in [6, 6.07) is 9.10. The molecule has 96 valence electrons. The van der Waals surface area contributed by atoms with Gasteiger partial charge in [0, 0.05) is 5.75 Å². The minimum Gasteiger partial charge on any atom is -0.468 e. The Balaban J connectivity index is 2.34. The van der Waals surface area contributed by atoms with E-state index in [1.807, 2.05) is 18.2 Å². The largest absolute Gasteiger partial charge is 0.468 e. The number of hydrogen-bond acceptors (Lipinski definition) is 5. The van der Waals surface area contributed by atoms with Gasteiger partial charge in [0.2, 0.25) is 0 Å². The van der Waals surface area contributed by atoms with Gasteiger partial charge in [0.1, 0.15) is 6.04 Å². The van der Waals surface area contributed by atoms with Crippen LogP contribution in [0.2, 0.25) is 0 Å². The van der Waals surface area contributed by atoms with Gasteiger partial charge in [-0.25, -0.2) is 0 Å². The van der Waals surface area contributed by atoms with Gasteiger partial charge in [0.05, 0.1) is 18.7 Å². The van der Waals surface area contributed by atoms with Crippen LogP contribution in [0.3, 0.4) is 0 Å². The van der Waals surface area contributed by atoms with Gasteiger partial charge in [0.25, 0.3) is 0 Å². The summed E-state index contributed by atoms with van der Waals surface area (Å²) in [5.74, 6) is 1.13. The SMILES string of the molecule is COC(=O)C(N)CCSCc1ccccc1C#N. The van der Waals surface area contributed by atoms with Gasteiger partial charge in [-0.2, -0.15) is 17.0 Å². The number of ether oxygens (including phenoxy) is 1. The number of nitriles is 1. The van der Waals surface area contributed by atoms with Gasteiger partial charge in [-0.15, -0.1) is 0 Å². The zero-order valence-corrected chi connectivity index (χ0v) is 11.1. The highest BCUT2D eigenvalue weighted by molar-refractivity contribution is 7.98. The summed E-state index contributed by atoms with van der Waals surface area (Å²) in [5, 5.41) is 8.93. The third-order valence-corrected chi connectivity index (χ3v) is 3.51. The van der Waals surface area contributed by atoms with E-state index in [0.29, 0.717) is 12.0 Å². The Morgan fingerprint density at radius 1 is 1.56 bits per heavy atom. The summed E-state index contributed by atoms with van der Waals surface area (Å²) in [5.41, 5.74) is 7.33. The standard InChI is InChI=1S/C13H16N2O2S/c1-17-13(16)12(15)6-7-18-9-11-5-3-2-4-10(11)8-14/h2-5,12H,6-7,9,15H2,1H3. The van der Waals surface area contributed by atoms with E-state index in [1.54, 1.807) is 17.8 Å². The number of esters is 1. The van der Waals surface area contributed by atoms with Crippen LogP contribution in [0.15, 0.2) is 24.3 Å². The van der Waals surface area contributed by atoms with Crippen LogP contribution in [0.4, 0.5) is 0 Å². The van der Waals surface area contributed by atoms with Gasteiger partial charge >= 0.3 is 5.97 Å². The number of rotatable bonds is 6. The third-order valence-electron chi connectivity index (χ3n) is 2.47. The zero-order valence-electron chi connectivity index (χ0n) is 10.3. The lowest BCUT2D eigenvalue weighted by molar-refractivity contribution is -0.142. The fourth-order valence-electron chi connectivity index (χ4n) is 1.42. The molecule has 0 saturated carbocycles. The molecular weight excluding hydrogens is 248 g/mol. The fourth-order valence-corrected chi connectivity index (χ4v) is 2.45. The van der Waals surface area contributed by atoms with Gasteiger partial charge < -0.3 is 10.5 Å². The lowest BCUT2D eigenvalue weighted by atomic mass is 10.1. The summed E-state index contributed by atoms with van der Waals surface area (Å²) >= 11 is 1.65. The average molecular weight is 264 g/mol. The van der Waals surface area contributed by atoms with E-state index >= 15 is 0 Å². The molecule has 1 aromatic carbocycles. The van der Waals surface area contributed by atoms with Crippen molar-refractivity contribution in [2.45, 2.75) is 18.2 Å². The van der Waals surface area contributed by atoms with Crippen molar-refractivity contribution in [2.24, 2.45) is 5.73 Å². The van der Waals surface area contributed by atoms with Crippen molar-refractivity contribution >= 4 is 17.7 Å². The highest BCUT2D eigenvalue weighted by atomic mass is 32.2. The molecule has 1 rings (SSSR count). The quantitative estimate of drug-likeness (QED) is 0.625. The molecule has 0 aliphatic rings. The molecule has 0 amide bonds. The van der Waals surface area contributed by atoms with Crippen LogP contribution in [-0.4, -0.2) is 24.9 Å². The first-order valence-corrected chi connectivity index (χ1v) is 6.73. The second-order valence-electron chi connectivity index (χ2n) is 3.74. The Morgan fingerprint density at radius 2 is 2.28 bits per heavy atom. The van der Waals surface area contributed by atoms with E-state index < -0.39 is 6.04 Å². The molecule has 5 heteroatoms. The highest BCUT2D eigenvalue weighted by Crippen LogP contribution is 2.17. The predicted molar refractivity (Wildman–Crippen MR) is 71.9 cm³/mol. The molecule has 0 aliphatic heterocycles. The van der Waals surface area contributed by atoms with Gasteiger partial charge in [-0.1, -0.05) is 18.2 Å². The van der Waals surface area contributed by atoms with E-state index in [2.05, 4.69) is 10.8 Å². The van der Waals surface area contributed by atoms with Crippen molar-refractivity contribution in [1.29, 1.82) is 5.26 Å². The number of benzene rings is 1. The number of carbonyl (C=O) groups excluding carboxylic acids is 1. The smallest absolute Gasteiger partial charge is 0.322 e. The second-order valence-corrected chi connectivity index (χ2v) is 4.85. The highest BCUT2D eigenvalue weighted by Gasteiger charge is 2.12. The molecule has 1 unspecified atom stereocenters. The molecular formula is C13H16N2O2S. The first-order chi connectivity index (χ1) is 8.69. The number of carbonyl (C=O) groups is 1. The Bertz CT molecular complexity index is 443. The van der Waals surface area contributed by atoms with Crippen LogP contribution in [0.5, 0.6) is 0 Å². The van der Waals surface area contributed by atoms with E-state index in [9.17, 15) is 4.79 Å². The minimum atomic E-state index is -0.561. The molecule has 0 spiro atoms. The van der Waals surface area contributed by atoms with Crippen LogP contribution in [0, 0.1) is 11.3 Å². The van der Waals surface area contributed by atoms with Crippen molar-refractivity contribution in [1.82, 2.24) is 0 Å². The fraction of sp³-hybridized carbons (Fsp3) is 0.385. The van der Waals surface area contributed by atoms with Crippen molar-refractivity contribution in [3.63, 3.8) is 0 Å². The first-order valence-electron chi connectivity index (χ1n) is 5.58. The number of nitrogens with two attached hydrogens (primary N) is 1. The van der Waals surface area contributed by atoms with Gasteiger partial charge in [-0.05, 0) is 23.8 Å². The Labute approximate surface area is 111 Å². The van der Waals surface area contributed by atoms with Crippen LogP contribution in [0.25, 0.3) is 0 Å². The maximum atomic E-state index is 11.1. The number of thioether (sulfide) groups is 1. The van der Waals surface area contributed by atoms with Crippen molar-refractivity contribution in [3.8, 4) is 6.07 Å². The topological polar surface area (TPSA) is 76.1 Å². The molecule has 18 heavy (non-hydrogen) atoms. The van der Waals surface area contributed by atoms with Gasteiger partial charge in [-0.3, -0.25) is 4.79 Å². The van der Waals surface area contributed by atoms with E-state index in [4.69, 9.17) is 11.0 Å². The Kier molecular flexibility index (Phi) is 6.26. The zero-order chi connectivity index (χ0) is 13.4. The van der Waals surface area contributed by atoms with Crippen molar-refractivity contribution in [2.75, 3.05) is 12.9 Å². The summed E-state index contributed by atoms with van der Waals surface area (Å²) in [6.45, 7) is 0. The summed E-state index contributed by atoms with van der Waals surface area (Å²) < 4.78 is 4.55. The Morgan fingerprint density at radius 3 is 2.94 bits per heavy atom. The van der Waals surface area contributed by atoms with Gasteiger partial charge in [0.15, 0.2) is 0 Å². The summed E-state index contributed by atoms with van der Waals surface area (Å²) in [4.78, 5) is 11.1. The molecule has 0 aliphatic carbocycles. The molecule has 4 nitrogen and oxygen atoms in total. The monoisotopic (exact) mass is 264 g/mol. The lowest BCUT2D eigenvalue weighted by Gasteiger charge is -2.08. The van der Waals surface area contributed by atoms with E-state index in [0.717, 1.165) is 17.1 Å². The second kappa shape index (κ2) is 7.75. The predicted octanol–water partition coefficient (Wildman–Crippen LogP) is 1.68. The van der Waals surface area contributed by atoms with Crippen LogP contribution >= 0.6 is 11.8 Å². The average Bonchev–Trinajstić information content (AvgIpc) is 2.42. The molecule has 0 fully saturated rings. The maximum Gasteiger partial charge on any atom is 0.322 e. The van der Waals surface area contributed by atoms with Crippen LogP contribution in [-0.2, 0) is 15.3 Å². The molecule has 0 bridgehead atoms. The van der Waals surface area contributed by atoms with Crippen molar-refractivity contribution in [3.05, 3.63) is 35.4 Å². The van der Waals surface area contributed by atoms with Crippen molar-refractivity contribution < 1.29 is 9.53 Å². The van der Waals surface area contributed by atoms with E-state index in [1.165, 1.54) is 7.11 Å². The number of nitrogens with zero attached hydrogens (tertiary/aromatic N) is 1. The maximum absolute atomic E-state index is 11.1. The first kappa shape index (κ1) is 14.6. The Hall–Kier alpha value is -1.51. The molecule has 1 aromatic rings. The number of hydrogen-bond donors (Lipinski definition) is 1. The number of methoxy groups -OCH3 is 1. The molecule has 0 saturated heterocycles. The summed E-state index contributed by atoms with van der Waals surface area (Å²) in [7, 11) is 1.33. The summed E-state index contributed by atoms with van der Waals surface area (Å²) in [6.07, 6.45) is 0.575. The molecule has 0 radical (unpaired) electrons. The third kappa shape index (κ3) is 4.40. The molecule has 0 heterocycles. The van der Waals surface area contributed by atoms with E-state index in [-0.39, 0.29) is 5.97 Å².